The number of hydrogen-bond donors (Lipinski definition) is 0. The molecular weight excluding hydrogens is 326 g/mol. The zero-order valence-electron chi connectivity index (χ0n) is 15.9. The highest BCUT2D eigenvalue weighted by molar-refractivity contribution is 5.55. The Hall–Kier alpha value is -1.95. The van der Waals surface area contributed by atoms with Crippen LogP contribution in [0.5, 0.6) is 0 Å². The van der Waals surface area contributed by atoms with Crippen molar-refractivity contribution in [2.24, 2.45) is 11.8 Å². The van der Waals surface area contributed by atoms with Crippen molar-refractivity contribution in [2.45, 2.75) is 46.1 Å². The van der Waals surface area contributed by atoms with Gasteiger partial charge in [-0.1, -0.05) is 19.0 Å². The van der Waals surface area contributed by atoms with Crippen molar-refractivity contribution in [2.75, 3.05) is 31.1 Å². The van der Waals surface area contributed by atoms with Crippen molar-refractivity contribution in [3.8, 4) is 11.4 Å². The standard InChI is InChI=1S/C20H29N5O/c1-15-7-10-24(11-8-15)14-19-22-20(23-26-19)17-5-6-18(21-12-17)25-9-3-4-16(2)13-25/h5-6,12,15-16H,3-4,7-11,13-14H2,1-2H3. The van der Waals surface area contributed by atoms with E-state index in [1.54, 1.807) is 0 Å². The maximum atomic E-state index is 5.47. The number of aromatic nitrogens is 3. The van der Waals surface area contributed by atoms with Gasteiger partial charge in [-0.15, -0.1) is 0 Å². The molecule has 2 aromatic heterocycles. The predicted octanol–water partition coefficient (Wildman–Crippen LogP) is 3.60. The molecule has 4 rings (SSSR count). The van der Waals surface area contributed by atoms with Crippen LogP contribution in [-0.4, -0.2) is 46.2 Å². The van der Waals surface area contributed by atoms with Crippen LogP contribution in [0.4, 0.5) is 5.82 Å². The number of nitrogens with zero attached hydrogens (tertiary/aromatic N) is 5. The highest BCUT2D eigenvalue weighted by Crippen LogP contribution is 2.24. The Morgan fingerprint density at radius 1 is 1.08 bits per heavy atom. The third-order valence-corrected chi connectivity index (χ3v) is 5.69. The Labute approximate surface area is 155 Å². The minimum atomic E-state index is 0.636. The topological polar surface area (TPSA) is 58.3 Å². The minimum absolute atomic E-state index is 0.636. The van der Waals surface area contributed by atoms with Gasteiger partial charge in [-0.3, -0.25) is 4.90 Å². The second-order valence-electron chi connectivity index (χ2n) is 8.07. The second kappa shape index (κ2) is 7.74. The number of likely N-dealkylation sites (tertiary alicyclic amines) is 1. The summed E-state index contributed by atoms with van der Waals surface area (Å²) in [6.07, 6.45) is 6.93. The molecule has 0 amide bonds. The van der Waals surface area contributed by atoms with Crippen LogP contribution < -0.4 is 4.90 Å². The lowest BCUT2D eigenvalue weighted by Crippen LogP contribution is -2.34. The molecule has 6 nitrogen and oxygen atoms in total. The second-order valence-corrected chi connectivity index (χ2v) is 8.07. The molecule has 2 saturated heterocycles. The zero-order valence-corrected chi connectivity index (χ0v) is 15.9. The Bertz CT molecular complexity index is 705. The Morgan fingerprint density at radius 2 is 1.92 bits per heavy atom. The molecule has 0 aromatic carbocycles. The molecule has 0 saturated carbocycles. The SMILES string of the molecule is CC1CCN(Cc2nc(-c3ccc(N4CCCC(C)C4)nc3)no2)CC1. The van der Waals surface area contributed by atoms with Crippen LogP contribution in [0, 0.1) is 11.8 Å². The van der Waals surface area contributed by atoms with Crippen molar-refractivity contribution in [1.29, 1.82) is 0 Å². The molecule has 140 valence electrons. The van der Waals surface area contributed by atoms with Crippen LogP contribution in [0.1, 0.15) is 45.4 Å². The fourth-order valence-corrected chi connectivity index (χ4v) is 3.95. The van der Waals surface area contributed by atoms with E-state index in [0.717, 1.165) is 55.9 Å². The smallest absolute Gasteiger partial charge is 0.241 e. The van der Waals surface area contributed by atoms with Gasteiger partial charge in [0, 0.05) is 24.8 Å². The summed E-state index contributed by atoms with van der Waals surface area (Å²) in [6, 6.07) is 4.13. The fourth-order valence-electron chi connectivity index (χ4n) is 3.95. The van der Waals surface area contributed by atoms with Gasteiger partial charge in [-0.05, 0) is 62.7 Å². The number of piperidine rings is 2. The lowest BCUT2D eigenvalue weighted by atomic mass is 9.99. The molecule has 2 fully saturated rings. The predicted molar refractivity (Wildman–Crippen MR) is 102 cm³/mol. The van der Waals surface area contributed by atoms with Crippen molar-refractivity contribution in [3.63, 3.8) is 0 Å². The minimum Gasteiger partial charge on any atom is -0.356 e. The number of hydrogen-bond acceptors (Lipinski definition) is 6. The van der Waals surface area contributed by atoms with Gasteiger partial charge < -0.3 is 9.42 Å². The zero-order chi connectivity index (χ0) is 17.9. The van der Waals surface area contributed by atoms with E-state index in [2.05, 4.69) is 50.9 Å². The summed E-state index contributed by atoms with van der Waals surface area (Å²) in [5.74, 6) is 3.95. The van der Waals surface area contributed by atoms with Crippen LogP contribution >= 0.6 is 0 Å². The Kier molecular flexibility index (Phi) is 5.20. The van der Waals surface area contributed by atoms with Gasteiger partial charge in [0.05, 0.1) is 6.54 Å². The maximum Gasteiger partial charge on any atom is 0.241 e. The highest BCUT2D eigenvalue weighted by Gasteiger charge is 2.20. The average Bonchev–Trinajstić information content (AvgIpc) is 3.12. The lowest BCUT2D eigenvalue weighted by Gasteiger charge is -2.31. The molecule has 26 heavy (non-hydrogen) atoms. The molecule has 1 unspecified atom stereocenters. The van der Waals surface area contributed by atoms with E-state index in [1.807, 2.05) is 6.20 Å². The first-order valence-electron chi connectivity index (χ1n) is 9.93. The molecule has 0 spiro atoms. The van der Waals surface area contributed by atoms with E-state index in [0.29, 0.717) is 11.7 Å². The van der Waals surface area contributed by atoms with Crippen molar-refractivity contribution < 1.29 is 4.52 Å². The molecule has 6 heteroatoms. The molecular formula is C20H29N5O. The first-order valence-corrected chi connectivity index (χ1v) is 9.93. The fraction of sp³-hybridized carbons (Fsp3) is 0.650. The van der Waals surface area contributed by atoms with Crippen molar-refractivity contribution in [1.82, 2.24) is 20.0 Å². The first kappa shape index (κ1) is 17.5. The summed E-state index contributed by atoms with van der Waals surface area (Å²) in [6.45, 7) is 9.79. The molecule has 4 heterocycles. The largest absolute Gasteiger partial charge is 0.356 e. The molecule has 0 aliphatic carbocycles. The summed E-state index contributed by atoms with van der Waals surface area (Å²) in [5, 5.41) is 4.15. The number of rotatable bonds is 4. The molecule has 0 N–H and O–H groups in total. The molecule has 1 atom stereocenters. The van der Waals surface area contributed by atoms with E-state index in [9.17, 15) is 0 Å². The number of anilines is 1. The summed E-state index contributed by atoms with van der Waals surface area (Å²) >= 11 is 0. The van der Waals surface area contributed by atoms with E-state index in [1.165, 1.54) is 25.7 Å². The van der Waals surface area contributed by atoms with Gasteiger partial charge in [-0.25, -0.2) is 4.98 Å². The van der Waals surface area contributed by atoms with Crippen LogP contribution in [-0.2, 0) is 6.54 Å². The van der Waals surface area contributed by atoms with Gasteiger partial charge in [0.25, 0.3) is 0 Å². The molecule has 2 aromatic rings. The van der Waals surface area contributed by atoms with Gasteiger partial charge >= 0.3 is 0 Å². The van der Waals surface area contributed by atoms with E-state index < -0.39 is 0 Å². The van der Waals surface area contributed by atoms with Crippen molar-refractivity contribution in [3.05, 3.63) is 24.2 Å². The third kappa shape index (κ3) is 4.06. The maximum absolute atomic E-state index is 5.47. The first-order chi connectivity index (χ1) is 12.7. The summed E-state index contributed by atoms with van der Waals surface area (Å²) < 4.78 is 5.47. The van der Waals surface area contributed by atoms with Gasteiger partial charge in [-0.2, -0.15) is 4.98 Å². The van der Waals surface area contributed by atoms with Crippen LogP contribution in [0.15, 0.2) is 22.9 Å². The summed E-state index contributed by atoms with van der Waals surface area (Å²) in [4.78, 5) is 14.0. The monoisotopic (exact) mass is 355 g/mol. The van der Waals surface area contributed by atoms with Crippen LogP contribution in [0.25, 0.3) is 11.4 Å². The molecule has 0 bridgehead atoms. The van der Waals surface area contributed by atoms with Gasteiger partial charge in [0.15, 0.2) is 0 Å². The normalized spacial score (nSPS) is 22.7. The van der Waals surface area contributed by atoms with E-state index >= 15 is 0 Å². The lowest BCUT2D eigenvalue weighted by molar-refractivity contribution is 0.165. The number of pyridine rings is 1. The quantitative estimate of drug-likeness (QED) is 0.835. The van der Waals surface area contributed by atoms with E-state index in [4.69, 9.17) is 4.52 Å². The molecule has 0 radical (unpaired) electrons. The van der Waals surface area contributed by atoms with Crippen LogP contribution in [0.3, 0.4) is 0 Å². The highest BCUT2D eigenvalue weighted by atomic mass is 16.5. The van der Waals surface area contributed by atoms with Crippen LogP contribution in [0.2, 0.25) is 0 Å². The molecule has 2 aliphatic rings. The summed E-state index contributed by atoms with van der Waals surface area (Å²) in [5.41, 5.74) is 0.918. The summed E-state index contributed by atoms with van der Waals surface area (Å²) in [7, 11) is 0. The van der Waals surface area contributed by atoms with E-state index in [-0.39, 0.29) is 0 Å². The van der Waals surface area contributed by atoms with Gasteiger partial charge in [0.1, 0.15) is 5.82 Å². The third-order valence-electron chi connectivity index (χ3n) is 5.69. The molecule has 2 aliphatic heterocycles. The average molecular weight is 355 g/mol. The van der Waals surface area contributed by atoms with Gasteiger partial charge in [0.2, 0.25) is 11.7 Å². The van der Waals surface area contributed by atoms with Crippen molar-refractivity contribution >= 4 is 5.82 Å². The Morgan fingerprint density at radius 3 is 2.65 bits per heavy atom. The Balaban J connectivity index is 1.39.